The molecule has 3 aliphatic rings. The van der Waals surface area contributed by atoms with Gasteiger partial charge in [-0.2, -0.15) is 0 Å². The summed E-state index contributed by atoms with van der Waals surface area (Å²) in [7, 11) is 3.57. The van der Waals surface area contributed by atoms with Crippen LogP contribution in [-0.2, 0) is 12.1 Å². The third kappa shape index (κ3) is 3.69. The molecule has 3 heterocycles. The molecule has 0 unspecified atom stereocenters. The Labute approximate surface area is 192 Å². The largest absolute Gasteiger partial charge is 0.459 e. The highest BCUT2D eigenvalue weighted by atomic mass is 35.5. The van der Waals surface area contributed by atoms with Crippen LogP contribution >= 0.6 is 11.6 Å². The molecule has 0 atom stereocenters. The van der Waals surface area contributed by atoms with E-state index in [0.29, 0.717) is 30.3 Å². The SMILES string of the molecule is CN(C)C(=O)N1CCN(Cc2cc3cc(Cl)c4c(c3o2)C2(CCCCC2)NC(=O)N4)CC1. The van der Waals surface area contributed by atoms with Gasteiger partial charge in [-0.05, 0) is 25.0 Å². The predicted octanol–water partition coefficient (Wildman–Crippen LogP) is 4.18. The summed E-state index contributed by atoms with van der Waals surface area (Å²) in [4.78, 5) is 30.4. The number of fused-ring (bicyclic) bond motifs is 4. The molecule has 1 aromatic heterocycles. The van der Waals surface area contributed by atoms with Gasteiger partial charge in [0.05, 0.1) is 22.8 Å². The number of carbonyl (C=O) groups excluding carboxylic acids is 2. The van der Waals surface area contributed by atoms with E-state index in [-0.39, 0.29) is 12.1 Å². The third-order valence-electron chi connectivity index (χ3n) is 6.99. The van der Waals surface area contributed by atoms with Gasteiger partial charge in [-0.25, -0.2) is 9.59 Å². The zero-order chi connectivity index (χ0) is 22.5. The van der Waals surface area contributed by atoms with Crippen LogP contribution in [0.15, 0.2) is 16.5 Å². The Balaban J connectivity index is 1.42. The zero-order valence-electron chi connectivity index (χ0n) is 18.7. The first-order valence-electron chi connectivity index (χ1n) is 11.4. The standard InChI is InChI=1S/C23H30ClN5O3/c1-27(2)22(31)29-10-8-28(9-11-29)14-16-12-15-13-17(24)19-18(20(15)32-16)23(26-21(30)25-19)6-4-3-5-7-23/h12-13H,3-11,14H2,1-2H3,(H2,25,26,30). The predicted molar refractivity (Wildman–Crippen MR) is 124 cm³/mol. The van der Waals surface area contributed by atoms with Gasteiger partial charge in [0.2, 0.25) is 0 Å². The number of urea groups is 2. The minimum absolute atomic E-state index is 0.0574. The molecule has 0 radical (unpaired) electrons. The lowest BCUT2D eigenvalue weighted by atomic mass is 9.74. The summed E-state index contributed by atoms with van der Waals surface area (Å²) >= 11 is 6.63. The molecule has 9 heteroatoms. The van der Waals surface area contributed by atoms with E-state index in [2.05, 4.69) is 21.6 Å². The summed E-state index contributed by atoms with van der Waals surface area (Å²) in [6, 6.07) is 3.81. The quantitative estimate of drug-likeness (QED) is 0.705. The topological polar surface area (TPSA) is 81.1 Å². The Morgan fingerprint density at radius 1 is 1.16 bits per heavy atom. The van der Waals surface area contributed by atoms with Crippen LogP contribution in [0.2, 0.25) is 5.02 Å². The van der Waals surface area contributed by atoms with E-state index in [1.54, 1.807) is 19.0 Å². The number of nitrogens with one attached hydrogen (secondary N) is 2. The molecule has 2 N–H and O–H groups in total. The monoisotopic (exact) mass is 459 g/mol. The second-order valence-corrected chi connectivity index (χ2v) is 9.81. The van der Waals surface area contributed by atoms with Crippen molar-refractivity contribution in [3.8, 4) is 0 Å². The molecular formula is C23H30ClN5O3. The number of halogens is 1. The van der Waals surface area contributed by atoms with E-state index in [1.165, 1.54) is 6.42 Å². The summed E-state index contributed by atoms with van der Waals surface area (Å²) in [5.41, 5.74) is 2.07. The van der Waals surface area contributed by atoms with Gasteiger partial charge >= 0.3 is 12.1 Å². The molecule has 4 amide bonds. The molecule has 2 aliphatic heterocycles. The first-order chi connectivity index (χ1) is 15.4. The second kappa shape index (κ2) is 8.15. The van der Waals surface area contributed by atoms with Crippen molar-refractivity contribution in [2.24, 2.45) is 0 Å². The molecule has 2 aromatic rings. The van der Waals surface area contributed by atoms with E-state index < -0.39 is 5.54 Å². The average molecular weight is 460 g/mol. The van der Waals surface area contributed by atoms with Gasteiger partial charge in [-0.15, -0.1) is 0 Å². The Kier molecular flexibility index (Phi) is 5.45. The van der Waals surface area contributed by atoms with E-state index >= 15 is 0 Å². The lowest BCUT2D eigenvalue weighted by molar-refractivity contribution is 0.116. The highest BCUT2D eigenvalue weighted by molar-refractivity contribution is 6.35. The molecule has 8 nitrogen and oxygen atoms in total. The summed E-state index contributed by atoms with van der Waals surface area (Å²) < 4.78 is 6.42. The molecule has 2 fully saturated rings. The zero-order valence-corrected chi connectivity index (χ0v) is 19.4. The van der Waals surface area contributed by atoms with Gasteiger partial charge in [0.25, 0.3) is 0 Å². The minimum Gasteiger partial charge on any atom is -0.459 e. The maximum atomic E-state index is 12.4. The van der Waals surface area contributed by atoms with Gasteiger partial charge in [0, 0.05) is 51.2 Å². The molecule has 1 aromatic carbocycles. The molecule has 1 spiro atoms. The van der Waals surface area contributed by atoms with Crippen molar-refractivity contribution in [1.82, 2.24) is 20.0 Å². The third-order valence-corrected chi connectivity index (χ3v) is 7.29. The lowest BCUT2D eigenvalue weighted by Gasteiger charge is -2.42. The number of hydrogen-bond acceptors (Lipinski definition) is 4. The summed E-state index contributed by atoms with van der Waals surface area (Å²) in [6.07, 6.45) is 5.09. The van der Waals surface area contributed by atoms with Crippen LogP contribution < -0.4 is 10.6 Å². The maximum absolute atomic E-state index is 12.4. The van der Waals surface area contributed by atoms with Crippen molar-refractivity contribution in [2.45, 2.75) is 44.2 Å². The smallest absolute Gasteiger partial charge is 0.319 e. The van der Waals surface area contributed by atoms with E-state index in [9.17, 15) is 9.59 Å². The number of amides is 4. The van der Waals surface area contributed by atoms with Gasteiger partial charge in [-0.3, -0.25) is 4.90 Å². The van der Waals surface area contributed by atoms with Crippen molar-refractivity contribution in [3.05, 3.63) is 28.5 Å². The number of anilines is 1. The molecule has 32 heavy (non-hydrogen) atoms. The van der Waals surface area contributed by atoms with Crippen molar-refractivity contribution in [3.63, 3.8) is 0 Å². The first kappa shape index (κ1) is 21.4. The van der Waals surface area contributed by atoms with Crippen LogP contribution in [0.25, 0.3) is 11.0 Å². The maximum Gasteiger partial charge on any atom is 0.319 e. The van der Waals surface area contributed by atoms with Crippen LogP contribution in [0.3, 0.4) is 0 Å². The lowest BCUT2D eigenvalue weighted by Crippen LogP contribution is -2.52. The van der Waals surface area contributed by atoms with Crippen LogP contribution in [0.5, 0.6) is 0 Å². The molecule has 5 rings (SSSR count). The first-order valence-corrected chi connectivity index (χ1v) is 11.8. The molecule has 1 saturated heterocycles. The fraction of sp³-hybridized carbons (Fsp3) is 0.565. The molecule has 1 aliphatic carbocycles. The van der Waals surface area contributed by atoms with Crippen molar-refractivity contribution < 1.29 is 14.0 Å². The van der Waals surface area contributed by atoms with Crippen LogP contribution in [0, 0.1) is 0 Å². The molecular weight excluding hydrogens is 430 g/mol. The number of hydrogen-bond donors (Lipinski definition) is 2. The van der Waals surface area contributed by atoms with Gasteiger partial charge in [-0.1, -0.05) is 30.9 Å². The van der Waals surface area contributed by atoms with Crippen molar-refractivity contribution in [2.75, 3.05) is 45.6 Å². The number of rotatable bonds is 2. The van der Waals surface area contributed by atoms with Crippen LogP contribution in [0.4, 0.5) is 15.3 Å². The normalized spacial score (nSPS) is 20.7. The molecule has 172 valence electrons. The fourth-order valence-corrected chi connectivity index (χ4v) is 5.67. The van der Waals surface area contributed by atoms with Gasteiger partial charge in [0.15, 0.2) is 0 Å². The highest BCUT2D eigenvalue weighted by Crippen LogP contribution is 2.49. The molecule has 1 saturated carbocycles. The number of furan rings is 1. The number of benzene rings is 1. The van der Waals surface area contributed by atoms with E-state index in [1.807, 2.05) is 11.0 Å². The number of carbonyl (C=O) groups is 2. The van der Waals surface area contributed by atoms with E-state index in [0.717, 1.165) is 61.1 Å². The minimum atomic E-state index is -0.424. The Hall–Kier alpha value is -2.45. The number of nitrogens with zero attached hydrogens (tertiary/aromatic N) is 3. The summed E-state index contributed by atoms with van der Waals surface area (Å²) in [5, 5.41) is 7.63. The van der Waals surface area contributed by atoms with Crippen molar-refractivity contribution in [1.29, 1.82) is 0 Å². The summed E-state index contributed by atoms with van der Waals surface area (Å²) in [6.45, 7) is 3.70. The van der Waals surface area contributed by atoms with E-state index in [4.69, 9.17) is 16.0 Å². The average Bonchev–Trinajstić information content (AvgIpc) is 3.15. The highest BCUT2D eigenvalue weighted by Gasteiger charge is 2.43. The summed E-state index contributed by atoms with van der Waals surface area (Å²) in [5.74, 6) is 0.875. The fourth-order valence-electron chi connectivity index (χ4n) is 5.41. The Morgan fingerprint density at radius 3 is 2.56 bits per heavy atom. The van der Waals surface area contributed by atoms with Crippen LogP contribution in [-0.4, -0.2) is 67.0 Å². The van der Waals surface area contributed by atoms with Gasteiger partial charge < -0.3 is 24.9 Å². The Morgan fingerprint density at radius 2 is 1.88 bits per heavy atom. The second-order valence-electron chi connectivity index (χ2n) is 9.40. The van der Waals surface area contributed by atoms with Crippen LogP contribution in [0.1, 0.15) is 43.4 Å². The van der Waals surface area contributed by atoms with Crippen molar-refractivity contribution >= 4 is 40.3 Å². The van der Waals surface area contributed by atoms with Gasteiger partial charge in [0.1, 0.15) is 11.3 Å². The number of piperazine rings is 1. The Bertz CT molecular complexity index is 1050. The molecule has 0 bridgehead atoms.